The van der Waals surface area contributed by atoms with E-state index in [4.69, 9.17) is 37.3 Å². The smallest absolute Gasteiger partial charge is 0.450 e. The van der Waals surface area contributed by atoms with Gasteiger partial charge in [-0.25, -0.2) is 14.8 Å². The molecule has 9 heteroatoms. The van der Waals surface area contributed by atoms with Gasteiger partial charge in [-0.15, -0.1) is 0 Å². The zero-order valence-electron chi connectivity index (χ0n) is 14.8. The number of fused-ring (bicyclic) bond motifs is 2. The first kappa shape index (κ1) is 18.1. The van der Waals surface area contributed by atoms with E-state index in [1.807, 2.05) is 24.4 Å². The van der Waals surface area contributed by atoms with Gasteiger partial charge in [-0.2, -0.15) is 0 Å². The molecule has 28 heavy (non-hydrogen) atoms. The van der Waals surface area contributed by atoms with E-state index >= 15 is 0 Å². The molecule has 0 bridgehead atoms. The molecule has 1 aromatic carbocycles. The molecule has 144 valence electrons. The lowest BCUT2D eigenvalue weighted by Crippen LogP contribution is -2.12. The van der Waals surface area contributed by atoms with Gasteiger partial charge < -0.3 is 20.9 Å². The number of aromatic amines is 1. The Labute approximate surface area is 164 Å². The third kappa shape index (κ3) is 3.11. The Morgan fingerprint density at radius 1 is 1.32 bits per heavy atom. The highest BCUT2D eigenvalue weighted by molar-refractivity contribution is 6.35. The molecule has 5 rings (SSSR count). The quantitative estimate of drug-likeness (QED) is 0.389. The van der Waals surface area contributed by atoms with Crippen molar-refractivity contribution in [2.24, 2.45) is 0 Å². The Hall–Kier alpha value is -3.26. The monoisotopic (exact) mass is 399 g/mol. The first-order valence-corrected chi connectivity index (χ1v) is 9.15. The Balaban J connectivity index is 0.000000442. The number of imidazole rings is 1. The summed E-state index contributed by atoms with van der Waals surface area (Å²) in [7, 11) is 0. The first-order valence-electron chi connectivity index (χ1n) is 8.77. The van der Waals surface area contributed by atoms with Crippen LogP contribution in [0.15, 0.2) is 36.7 Å². The largest absolute Gasteiger partial charge is 0.503 e. The fourth-order valence-electron chi connectivity index (χ4n) is 3.48. The average Bonchev–Trinajstić information content (AvgIpc) is 3.17. The maximum atomic E-state index is 8.56. The van der Waals surface area contributed by atoms with Gasteiger partial charge >= 0.3 is 6.16 Å². The summed E-state index contributed by atoms with van der Waals surface area (Å²) in [5.74, 6) is 2.07. The number of carboxylic acid groups (broad SMARTS) is 2. The zero-order valence-corrected chi connectivity index (χ0v) is 15.5. The van der Waals surface area contributed by atoms with Crippen LogP contribution in [0.5, 0.6) is 0 Å². The zero-order chi connectivity index (χ0) is 19.8. The minimum absolute atomic E-state index is 0.496. The molecule has 0 atom stereocenters. The van der Waals surface area contributed by atoms with Crippen LogP contribution in [0, 0.1) is 0 Å². The topological polar surface area (TPSA) is 130 Å². The van der Waals surface area contributed by atoms with E-state index in [1.54, 1.807) is 6.20 Å². The summed E-state index contributed by atoms with van der Waals surface area (Å²) in [5, 5.41) is 15.7. The van der Waals surface area contributed by atoms with E-state index in [-0.39, 0.29) is 0 Å². The fraction of sp³-hybridized carbons (Fsp3) is 0.211. The highest BCUT2D eigenvalue weighted by Crippen LogP contribution is 2.39. The number of benzene rings is 1. The highest BCUT2D eigenvalue weighted by atomic mass is 35.5. The molecular formula is C19H18ClN5O3. The van der Waals surface area contributed by atoms with E-state index in [1.165, 1.54) is 19.3 Å². The number of rotatable bonds is 2. The summed E-state index contributed by atoms with van der Waals surface area (Å²) < 4.78 is 2.09. The van der Waals surface area contributed by atoms with Crippen LogP contribution in [0.25, 0.3) is 27.8 Å². The number of nitrogens with one attached hydrogen (secondary N) is 1. The molecule has 1 aliphatic rings. The molecule has 0 aliphatic heterocycles. The van der Waals surface area contributed by atoms with Gasteiger partial charge in [0.1, 0.15) is 22.9 Å². The number of para-hydroxylation sites is 1. The first-order chi connectivity index (χ1) is 13.5. The molecule has 0 saturated heterocycles. The van der Waals surface area contributed by atoms with Crippen molar-refractivity contribution in [2.45, 2.75) is 25.2 Å². The lowest BCUT2D eigenvalue weighted by Gasteiger charge is -2.23. The van der Waals surface area contributed by atoms with Gasteiger partial charge in [0.2, 0.25) is 0 Å². The van der Waals surface area contributed by atoms with Crippen molar-refractivity contribution >= 4 is 40.0 Å². The van der Waals surface area contributed by atoms with Crippen LogP contribution in [-0.4, -0.2) is 35.7 Å². The van der Waals surface area contributed by atoms with Gasteiger partial charge in [0, 0.05) is 23.7 Å². The van der Waals surface area contributed by atoms with Crippen LogP contribution in [0.3, 0.4) is 0 Å². The number of H-pyrrole nitrogens is 1. The summed E-state index contributed by atoms with van der Waals surface area (Å²) in [6, 6.07) is 7.93. The number of nitrogen functional groups attached to an aromatic ring is 1. The number of nitrogens with two attached hydrogens (primary N) is 1. The molecule has 8 nitrogen and oxygen atoms in total. The molecule has 1 saturated carbocycles. The van der Waals surface area contributed by atoms with Crippen molar-refractivity contribution in [3.8, 4) is 11.4 Å². The fourth-order valence-corrected chi connectivity index (χ4v) is 3.71. The van der Waals surface area contributed by atoms with E-state index in [0.29, 0.717) is 16.8 Å². The number of nitrogens with zero attached hydrogens (tertiary/aromatic N) is 3. The number of anilines is 1. The second-order valence-corrected chi connectivity index (χ2v) is 7.05. The van der Waals surface area contributed by atoms with Crippen molar-refractivity contribution in [3.63, 3.8) is 0 Å². The third-order valence-corrected chi connectivity index (χ3v) is 5.26. The van der Waals surface area contributed by atoms with Gasteiger partial charge in [-0.1, -0.05) is 30.2 Å². The minimum atomic E-state index is -1.83. The summed E-state index contributed by atoms with van der Waals surface area (Å²) >= 11 is 6.30. The predicted molar refractivity (Wildman–Crippen MR) is 107 cm³/mol. The van der Waals surface area contributed by atoms with Crippen LogP contribution in [0.2, 0.25) is 5.02 Å². The normalized spacial score (nSPS) is 13.9. The van der Waals surface area contributed by atoms with Crippen molar-refractivity contribution in [1.29, 1.82) is 0 Å². The number of hydrogen-bond donors (Lipinski definition) is 4. The second-order valence-electron chi connectivity index (χ2n) is 6.65. The molecule has 0 unspecified atom stereocenters. The predicted octanol–water partition coefficient (Wildman–Crippen LogP) is 4.60. The number of halogens is 1. The molecule has 4 aromatic rings. The van der Waals surface area contributed by atoms with Crippen molar-refractivity contribution < 1.29 is 15.0 Å². The maximum Gasteiger partial charge on any atom is 0.503 e. The van der Waals surface area contributed by atoms with E-state index in [9.17, 15) is 0 Å². The molecule has 3 heterocycles. The molecule has 0 amide bonds. The summed E-state index contributed by atoms with van der Waals surface area (Å²) in [6.45, 7) is 0. The minimum Gasteiger partial charge on any atom is -0.450 e. The SMILES string of the molecule is Nc1nccn2c(C3CCC3)nc(-c3cc4cccc(Cl)c4[nH]3)c12.O=C(O)O. The Bertz CT molecular complexity index is 1180. The molecule has 3 aromatic heterocycles. The molecule has 5 N–H and O–H groups in total. The van der Waals surface area contributed by atoms with Crippen LogP contribution in [0.4, 0.5) is 10.6 Å². The summed E-state index contributed by atoms with van der Waals surface area (Å²) in [4.78, 5) is 21.1. The number of aromatic nitrogens is 4. The standard InChI is InChI=1S/C18H16ClN5.CH2O3/c19-12-6-2-5-11-9-13(22-14(11)12)15-16-17(20)21-7-8-24(16)18(23-15)10-3-1-4-10;2-1(3)4/h2,5-10,22H,1,3-4H2,(H2,20,21);(H2,2,3,4). The van der Waals surface area contributed by atoms with Gasteiger partial charge in [0.25, 0.3) is 0 Å². The van der Waals surface area contributed by atoms with E-state index in [0.717, 1.165) is 33.6 Å². The maximum absolute atomic E-state index is 8.56. The van der Waals surface area contributed by atoms with E-state index in [2.05, 4.69) is 20.4 Å². The average molecular weight is 400 g/mol. The molecular weight excluding hydrogens is 382 g/mol. The molecule has 1 aliphatic carbocycles. The van der Waals surface area contributed by atoms with Gasteiger partial charge in [0.15, 0.2) is 0 Å². The van der Waals surface area contributed by atoms with Crippen LogP contribution >= 0.6 is 11.6 Å². The Morgan fingerprint density at radius 2 is 2.07 bits per heavy atom. The van der Waals surface area contributed by atoms with Crippen molar-refractivity contribution in [2.75, 3.05) is 5.73 Å². The Kier molecular flexibility index (Phi) is 4.56. The highest BCUT2D eigenvalue weighted by Gasteiger charge is 2.27. The van der Waals surface area contributed by atoms with Gasteiger partial charge in [-0.3, -0.25) is 4.40 Å². The lowest BCUT2D eigenvalue weighted by atomic mass is 9.85. The number of hydrogen-bond acceptors (Lipinski definition) is 4. The van der Waals surface area contributed by atoms with Crippen LogP contribution < -0.4 is 5.73 Å². The third-order valence-electron chi connectivity index (χ3n) is 4.94. The van der Waals surface area contributed by atoms with Gasteiger partial charge in [-0.05, 0) is 25.0 Å². The molecule has 1 fully saturated rings. The van der Waals surface area contributed by atoms with E-state index < -0.39 is 6.16 Å². The molecule has 0 spiro atoms. The van der Waals surface area contributed by atoms with Crippen LogP contribution in [-0.2, 0) is 0 Å². The van der Waals surface area contributed by atoms with Crippen LogP contribution in [0.1, 0.15) is 31.0 Å². The second kappa shape index (κ2) is 7.05. The lowest BCUT2D eigenvalue weighted by molar-refractivity contribution is 0.137. The van der Waals surface area contributed by atoms with Gasteiger partial charge in [0.05, 0.1) is 16.2 Å². The molecule has 0 radical (unpaired) electrons. The van der Waals surface area contributed by atoms with Crippen molar-refractivity contribution in [1.82, 2.24) is 19.4 Å². The number of carbonyl (C=O) groups is 1. The summed E-state index contributed by atoms with van der Waals surface area (Å²) in [5.41, 5.74) is 9.72. The van der Waals surface area contributed by atoms with Crippen molar-refractivity contribution in [3.05, 3.63) is 47.5 Å². The summed E-state index contributed by atoms with van der Waals surface area (Å²) in [6.07, 6.45) is 5.47. The Morgan fingerprint density at radius 3 is 2.71 bits per heavy atom.